The molecule has 1 atom stereocenters. The summed E-state index contributed by atoms with van der Waals surface area (Å²) in [7, 11) is 1.54. The largest absolute Gasteiger partial charge is 0.480 e. The van der Waals surface area contributed by atoms with Crippen molar-refractivity contribution in [3.8, 4) is 0 Å². The van der Waals surface area contributed by atoms with E-state index < -0.39 is 12.0 Å². The van der Waals surface area contributed by atoms with Gasteiger partial charge in [0.2, 0.25) is 0 Å². The second kappa shape index (κ2) is 6.90. The molecule has 6 heteroatoms. The molecule has 0 aromatic carbocycles. The third-order valence-electron chi connectivity index (χ3n) is 2.48. The van der Waals surface area contributed by atoms with Crippen molar-refractivity contribution in [2.75, 3.05) is 19.0 Å². The van der Waals surface area contributed by atoms with Gasteiger partial charge in [0.1, 0.15) is 17.7 Å². The first-order chi connectivity index (χ1) is 8.56. The van der Waals surface area contributed by atoms with Gasteiger partial charge in [0, 0.05) is 31.9 Å². The highest BCUT2D eigenvalue weighted by molar-refractivity contribution is 5.76. The third kappa shape index (κ3) is 4.29. The third-order valence-corrected chi connectivity index (χ3v) is 2.48. The van der Waals surface area contributed by atoms with Gasteiger partial charge in [-0.25, -0.2) is 14.8 Å². The van der Waals surface area contributed by atoms with E-state index in [1.807, 2.05) is 6.92 Å². The van der Waals surface area contributed by atoms with Gasteiger partial charge in [0.15, 0.2) is 0 Å². The number of aromatic nitrogens is 2. The highest BCUT2D eigenvalue weighted by Crippen LogP contribution is 2.10. The van der Waals surface area contributed by atoms with Crippen LogP contribution in [0.3, 0.4) is 0 Å². The minimum atomic E-state index is -0.915. The summed E-state index contributed by atoms with van der Waals surface area (Å²) in [6.07, 6.45) is 1.17. The number of carboxylic acids is 1. The average Bonchev–Trinajstić information content (AvgIpc) is 2.33. The van der Waals surface area contributed by atoms with Crippen LogP contribution in [0.2, 0.25) is 0 Å². The molecule has 0 bridgehead atoms. The van der Waals surface area contributed by atoms with Crippen molar-refractivity contribution in [2.24, 2.45) is 0 Å². The second-order valence-electron chi connectivity index (χ2n) is 3.96. The molecule has 2 N–H and O–H groups in total. The van der Waals surface area contributed by atoms with Gasteiger partial charge >= 0.3 is 5.97 Å². The fourth-order valence-electron chi connectivity index (χ4n) is 1.56. The smallest absolute Gasteiger partial charge is 0.326 e. The predicted molar refractivity (Wildman–Crippen MR) is 67.7 cm³/mol. The maximum atomic E-state index is 11.1. The molecule has 0 fully saturated rings. The van der Waals surface area contributed by atoms with E-state index in [0.717, 1.165) is 12.1 Å². The molecule has 18 heavy (non-hydrogen) atoms. The number of carbonyl (C=O) groups is 1. The van der Waals surface area contributed by atoms with Crippen molar-refractivity contribution < 1.29 is 14.6 Å². The van der Waals surface area contributed by atoms with Crippen LogP contribution < -0.4 is 5.32 Å². The molecule has 0 aliphatic rings. The molecule has 0 amide bonds. The molecule has 6 nitrogen and oxygen atoms in total. The van der Waals surface area contributed by atoms with Gasteiger partial charge in [-0.2, -0.15) is 0 Å². The molecule has 0 saturated carbocycles. The number of aliphatic carboxylic acids is 1. The Bertz CT molecular complexity index is 410. The zero-order chi connectivity index (χ0) is 13.5. The Hall–Kier alpha value is -1.69. The summed E-state index contributed by atoms with van der Waals surface area (Å²) in [4.78, 5) is 19.5. The lowest BCUT2D eigenvalue weighted by Crippen LogP contribution is -2.31. The quantitative estimate of drug-likeness (QED) is 0.760. The molecule has 0 aliphatic heterocycles. The fourth-order valence-corrected chi connectivity index (χ4v) is 1.56. The molecule has 0 saturated heterocycles. The Morgan fingerprint density at radius 3 is 2.83 bits per heavy atom. The Morgan fingerprint density at radius 2 is 2.28 bits per heavy atom. The molecule has 1 unspecified atom stereocenters. The van der Waals surface area contributed by atoms with E-state index in [9.17, 15) is 4.79 Å². The Kier molecular flexibility index (Phi) is 5.51. The Morgan fingerprint density at radius 1 is 1.56 bits per heavy atom. The molecule has 0 spiro atoms. The molecule has 1 aromatic heterocycles. The molecule has 100 valence electrons. The maximum absolute atomic E-state index is 11.1. The highest BCUT2D eigenvalue weighted by Gasteiger charge is 2.17. The number of methoxy groups -OCH3 is 1. The minimum Gasteiger partial charge on any atom is -0.480 e. The monoisotopic (exact) mass is 253 g/mol. The van der Waals surface area contributed by atoms with Crippen LogP contribution in [-0.4, -0.2) is 40.8 Å². The van der Waals surface area contributed by atoms with E-state index in [0.29, 0.717) is 24.7 Å². The summed E-state index contributed by atoms with van der Waals surface area (Å²) in [6, 6.07) is 1.07. The lowest BCUT2D eigenvalue weighted by Gasteiger charge is -2.15. The number of anilines is 1. The topological polar surface area (TPSA) is 84.3 Å². The lowest BCUT2D eigenvalue weighted by molar-refractivity contribution is -0.138. The summed E-state index contributed by atoms with van der Waals surface area (Å²) in [5.74, 6) is 0.261. The summed E-state index contributed by atoms with van der Waals surface area (Å²) in [6.45, 7) is 4.16. The number of ether oxygens (including phenoxy) is 1. The van der Waals surface area contributed by atoms with Gasteiger partial charge in [-0.3, -0.25) is 0 Å². The van der Waals surface area contributed by atoms with E-state index >= 15 is 0 Å². The van der Waals surface area contributed by atoms with Crippen LogP contribution in [0.5, 0.6) is 0 Å². The fraction of sp³-hybridized carbons (Fsp3) is 0.583. The lowest BCUT2D eigenvalue weighted by atomic mass is 10.2. The number of carboxylic acid groups (broad SMARTS) is 1. The number of aryl methyl sites for hydroxylation is 2. The van der Waals surface area contributed by atoms with E-state index in [2.05, 4.69) is 15.3 Å². The van der Waals surface area contributed by atoms with Crippen molar-refractivity contribution in [2.45, 2.75) is 32.7 Å². The average molecular weight is 253 g/mol. The summed E-state index contributed by atoms with van der Waals surface area (Å²) in [5, 5.41) is 12.0. The molecule has 1 heterocycles. The van der Waals surface area contributed by atoms with Crippen LogP contribution in [0.25, 0.3) is 0 Å². The normalized spacial score (nSPS) is 12.2. The zero-order valence-corrected chi connectivity index (χ0v) is 10.9. The van der Waals surface area contributed by atoms with Crippen LogP contribution in [0, 0.1) is 6.92 Å². The van der Waals surface area contributed by atoms with Crippen molar-refractivity contribution in [1.29, 1.82) is 0 Å². The predicted octanol–water partition coefficient (Wildman–Crippen LogP) is 1.25. The Balaban J connectivity index is 2.79. The van der Waals surface area contributed by atoms with Gasteiger partial charge in [0.25, 0.3) is 0 Å². The summed E-state index contributed by atoms with van der Waals surface area (Å²) >= 11 is 0. The van der Waals surface area contributed by atoms with Crippen LogP contribution in [0.1, 0.15) is 24.9 Å². The minimum absolute atomic E-state index is 0.384. The van der Waals surface area contributed by atoms with Crippen molar-refractivity contribution in [3.63, 3.8) is 0 Å². The summed E-state index contributed by atoms with van der Waals surface area (Å²) in [5.41, 5.74) is 0.890. The summed E-state index contributed by atoms with van der Waals surface area (Å²) < 4.78 is 4.89. The van der Waals surface area contributed by atoms with Gasteiger partial charge in [-0.1, -0.05) is 6.92 Å². The first-order valence-electron chi connectivity index (χ1n) is 5.89. The van der Waals surface area contributed by atoms with Crippen molar-refractivity contribution in [1.82, 2.24) is 9.97 Å². The number of hydrogen-bond acceptors (Lipinski definition) is 5. The van der Waals surface area contributed by atoms with Crippen LogP contribution in [-0.2, 0) is 16.0 Å². The van der Waals surface area contributed by atoms with Crippen molar-refractivity contribution in [3.05, 3.63) is 17.6 Å². The van der Waals surface area contributed by atoms with Crippen LogP contribution in [0.4, 0.5) is 5.82 Å². The van der Waals surface area contributed by atoms with Gasteiger partial charge in [0.05, 0.1) is 0 Å². The zero-order valence-electron chi connectivity index (χ0n) is 10.9. The molecule has 1 rings (SSSR count). The van der Waals surface area contributed by atoms with Crippen molar-refractivity contribution >= 4 is 11.8 Å². The number of nitrogens with one attached hydrogen (secondary N) is 1. The van der Waals surface area contributed by atoms with E-state index in [1.165, 1.54) is 0 Å². The van der Waals surface area contributed by atoms with Crippen LogP contribution in [0.15, 0.2) is 6.07 Å². The molecule has 0 aliphatic carbocycles. The van der Waals surface area contributed by atoms with Crippen LogP contribution >= 0.6 is 0 Å². The maximum Gasteiger partial charge on any atom is 0.326 e. The number of rotatable bonds is 7. The Labute approximate surface area is 106 Å². The number of hydrogen-bond donors (Lipinski definition) is 2. The molecule has 1 aromatic rings. The highest BCUT2D eigenvalue weighted by atomic mass is 16.5. The molecular weight excluding hydrogens is 234 g/mol. The van der Waals surface area contributed by atoms with Gasteiger partial charge < -0.3 is 15.2 Å². The van der Waals surface area contributed by atoms with Gasteiger partial charge in [-0.15, -0.1) is 0 Å². The number of nitrogens with zero attached hydrogens (tertiary/aromatic N) is 2. The first kappa shape index (κ1) is 14.4. The standard InChI is InChI=1S/C12H19N3O3/c1-4-9-7-11(14-8(2)13-9)15-10(12(16)17)5-6-18-3/h7,10H,4-6H2,1-3H3,(H,16,17)(H,13,14,15). The van der Waals surface area contributed by atoms with E-state index in [4.69, 9.17) is 9.84 Å². The van der Waals surface area contributed by atoms with E-state index in [-0.39, 0.29) is 0 Å². The van der Waals surface area contributed by atoms with Gasteiger partial charge in [-0.05, 0) is 13.3 Å². The second-order valence-corrected chi connectivity index (χ2v) is 3.96. The van der Waals surface area contributed by atoms with E-state index in [1.54, 1.807) is 20.1 Å². The molecule has 0 radical (unpaired) electrons. The molecular formula is C12H19N3O3. The first-order valence-corrected chi connectivity index (χ1v) is 5.89. The SMILES string of the molecule is CCc1cc(NC(CCOC)C(=O)O)nc(C)n1.